The van der Waals surface area contributed by atoms with E-state index in [1.165, 1.54) is 18.3 Å². The number of fused-ring (bicyclic) bond motifs is 1. The van der Waals surface area contributed by atoms with Gasteiger partial charge in [0.05, 0.1) is 22.3 Å². The van der Waals surface area contributed by atoms with Gasteiger partial charge in [-0.25, -0.2) is 9.18 Å². The molecular formula is C33H36FN5O4. The first-order chi connectivity index (χ1) is 20.6. The molecule has 0 atom stereocenters. The van der Waals surface area contributed by atoms with Crippen LogP contribution >= 0.6 is 0 Å². The highest BCUT2D eigenvalue weighted by Crippen LogP contribution is 2.33. The lowest BCUT2D eigenvalue weighted by Crippen LogP contribution is -2.33. The summed E-state index contributed by atoms with van der Waals surface area (Å²) in [6, 6.07) is 19.4. The fraction of sp³-hybridized carbons (Fsp3) is 0.273. The normalized spacial score (nSPS) is 11.1. The molecule has 0 aliphatic heterocycles. The number of rotatable bonds is 10. The van der Waals surface area contributed by atoms with E-state index in [9.17, 15) is 14.4 Å². The number of benzene rings is 3. The van der Waals surface area contributed by atoms with Crippen molar-refractivity contribution in [3.8, 4) is 11.1 Å². The maximum Gasteiger partial charge on any atom is 0.407 e. The predicted octanol–water partition coefficient (Wildman–Crippen LogP) is 6.18. The average Bonchev–Trinajstić information content (AvgIpc) is 2.98. The number of amides is 3. The van der Waals surface area contributed by atoms with Crippen molar-refractivity contribution in [1.82, 2.24) is 20.9 Å². The molecule has 0 saturated heterocycles. The maximum atomic E-state index is 15.1. The molecule has 1 aromatic heterocycles. The molecule has 3 amide bonds. The number of aromatic nitrogens is 1. The number of anilines is 2. The summed E-state index contributed by atoms with van der Waals surface area (Å²) in [5.41, 5.74) is 3.04. The van der Waals surface area contributed by atoms with Crippen molar-refractivity contribution in [2.24, 2.45) is 0 Å². The van der Waals surface area contributed by atoms with Crippen LogP contribution in [-0.2, 0) is 4.74 Å². The number of ether oxygens (including phenoxy) is 1. The van der Waals surface area contributed by atoms with Crippen LogP contribution in [-0.4, -0.2) is 48.6 Å². The topological polar surface area (TPSA) is 121 Å². The fourth-order valence-electron chi connectivity index (χ4n) is 4.41. The van der Waals surface area contributed by atoms with E-state index in [0.717, 1.165) is 5.69 Å². The maximum absolute atomic E-state index is 15.1. The van der Waals surface area contributed by atoms with Crippen molar-refractivity contribution < 1.29 is 23.5 Å². The molecule has 1 heterocycles. The number of hydrogen-bond acceptors (Lipinski definition) is 6. The van der Waals surface area contributed by atoms with Crippen molar-refractivity contribution >= 4 is 40.2 Å². The number of carbonyl (C=O) groups excluding carboxylic acids is 3. The molecule has 0 radical (unpaired) electrons. The highest BCUT2D eigenvalue weighted by Gasteiger charge is 2.18. The number of halogens is 1. The third-order valence-corrected chi connectivity index (χ3v) is 6.49. The summed E-state index contributed by atoms with van der Waals surface area (Å²) in [5.74, 6) is -1.46. The number of alkyl carbamates (subject to hydrolysis) is 1. The number of nitrogens with zero attached hydrogens (tertiary/aromatic N) is 1. The molecule has 9 nitrogen and oxygen atoms in total. The Labute approximate surface area is 250 Å². The zero-order valence-electron chi connectivity index (χ0n) is 24.7. The predicted molar refractivity (Wildman–Crippen MR) is 166 cm³/mol. The van der Waals surface area contributed by atoms with Gasteiger partial charge in [0.25, 0.3) is 11.8 Å². The van der Waals surface area contributed by atoms with Crippen LogP contribution in [0.4, 0.5) is 20.6 Å². The van der Waals surface area contributed by atoms with Gasteiger partial charge in [-0.05, 0) is 81.1 Å². The SMILES string of the molecule is CNC(=O)c1cnc2ccc(-c3ccc(C(=O)NCCCCNC(=O)OC(C)(C)C)c(F)c3)cc2c1Nc1ccccc1. The molecule has 0 saturated carbocycles. The second kappa shape index (κ2) is 13.8. The third kappa shape index (κ3) is 8.28. The fourth-order valence-corrected chi connectivity index (χ4v) is 4.41. The van der Waals surface area contributed by atoms with Gasteiger partial charge >= 0.3 is 6.09 Å². The lowest BCUT2D eigenvalue weighted by Gasteiger charge is -2.19. The Morgan fingerprint density at radius 1 is 0.837 bits per heavy atom. The van der Waals surface area contributed by atoms with E-state index in [4.69, 9.17) is 4.74 Å². The van der Waals surface area contributed by atoms with Gasteiger partial charge in [0.15, 0.2) is 0 Å². The van der Waals surface area contributed by atoms with E-state index in [-0.39, 0.29) is 11.5 Å². The van der Waals surface area contributed by atoms with Crippen LogP contribution in [0.25, 0.3) is 22.0 Å². The molecule has 10 heteroatoms. The van der Waals surface area contributed by atoms with Crippen molar-refractivity contribution in [2.75, 3.05) is 25.5 Å². The van der Waals surface area contributed by atoms with Crippen LogP contribution in [0.1, 0.15) is 54.3 Å². The van der Waals surface area contributed by atoms with Crippen LogP contribution in [0.5, 0.6) is 0 Å². The first-order valence-electron chi connectivity index (χ1n) is 14.1. The molecule has 4 N–H and O–H groups in total. The van der Waals surface area contributed by atoms with Gasteiger partial charge in [-0.2, -0.15) is 0 Å². The van der Waals surface area contributed by atoms with Gasteiger partial charge in [-0.3, -0.25) is 14.6 Å². The van der Waals surface area contributed by atoms with E-state index in [1.54, 1.807) is 33.9 Å². The molecule has 4 rings (SSSR count). The van der Waals surface area contributed by atoms with E-state index in [0.29, 0.717) is 59.2 Å². The van der Waals surface area contributed by atoms with Crippen LogP contribution in [0.3, 0.4) is 0 Å². The minimum atomic E-state index is -0.651. The minimum Gasteiger partial charge on any atom is -0.444 e. The summed E-state index contributed by atoms with van der Waals surface area (Å²) in [5, 5.41) is 12.1. The van der Waals surface area contributed by atoms with Crippen LogP contribution in [0, 0.1) is 5.82 Å². The van der Waals surface area contributed by atoms with E-state index in [1.807, 2.05) is 48.5 Å². The molecule has 0 unspecified atom stereocenters. The first kappa shape index (κ1) is 31.0. The smallest absolute Gasteiger partial charge is 0.407 e. The summed E-state index contributed by atoms with van der Waals surface area (Å²) < 4.78 is 20.3. The lowest BCUT2D eigenvalue weighted by molar-refractivity contribution is 0.0526. The van der Waals surface area contributed by atoms with Crippen LogP contribution in [0.2, 0.25) is 0 Å². The largest absolute Gasteiger partial charge is 0.444 e. The number of hydrogen-bond donors (Lipinski definition) is 4. The molecule has 0 aliphatic rings. The summed E-state index contributed by atoms with van der Waals surface area (Å²) >= 11 is 0. The molecule has 0 fully saturated rings. The molecule has 0 spiro atoms. The summed E-state index contributed by atoms with van der Waals surface area (Å²) in [6.07, 6.45) is 2.26. The second-order valence-electron chi connectivity index (χ2n) is 10.9. The highest BCUT2D eigenvalue weighted by atomic mass is 19.1. The van der Waals surface area contributed by atoms with E-state index in [2.05, 4.69) is 26.3 Å². The number of carbonyl (C=O) groups is 3. The van der Waals surface area contributed by atoms with Crippen molar-refractivity contribution in [3.05, 3.63) is 89.9 Å². The zero-order chi connectivity index (χ0) is 31.0. The standard InChI is InChI=1S/C33H36FN5O4/c1-33(2,3)43-32(42)37-17-9-8-16-36-31(41)24-14-12-22(19-27(24)34)21-13-15-28-25(18-21)29(26(20-38-28)30(40)35-4)39-23-10-6-5-7-11-23/h5-7,10-15,18-20H,8-9,16-17H2,1-4H3,(H,35,40)(H,36,41)(H,37,42)(H,38,39). The number of para-hydroxylation sites is 1. The van der Waals surface area contributed by atoms with Gasteiger partial charge in [0.1, 0.15) is 11.4 Å². The lowest BCUT2D eigenvalue weighted by atomic mass is 9.99. The highest BCUT2D eigenvalue weighted by molar-refractivity contribution is 6.08. The Kier molecular flexibility index (Phi) is 9.92. The van der Waals surface area contributed by atoms with Crippen molar-refractivity contribution in [2.45, 2.75) is 39.2 Å². The van der Waals surface area contributed by atoms with Crippen LogP contribution in [0.15, 0.2) is 72.9 Å². The van der Waals surface area contributed by atoms with E-state index >= 15 is 4.39 Å². The Balaban J connectivity index is 1.46. The Hall–Kier alpha value is -4.99. The summed E-state index contributed by atoms with van der Waals surface area (Å²) in [4.78, 5) is 41.5. The Morgan fingerprint density at radius 2 is 1.51 bits per heavy atom. The Bertz CT molecular complexity index is 1620. The number of nitrogens with one attached hydrogen (secondary N) is 4. The van der Waals surface area contributed by atoms with Gasteiger partial charge in [0, 0.05) is 37.4 Å². The molecule has 3 aromatic carbocycles. The quantitative estimate of drug-likeness (QED) is 0.165. The molecule has 0 bridgehead atoms. The number of pyridine rings is 1. The third-order valence-electron chi connectivity index (χ3n) is 6.49. The summed E-state index contributed by atoms with van der Waals surface area (Å²) in [7, 11) is 1.56. The molecule has 224 valence electrons. The van der Waals surface area contributed by atoms with Crippen LogP contribution < -0.4 is 21.3 Å². The minimum absolute atomic E-state index is 0.0635. The van der Waals surface area contributed by atoms with Gasteiger partial charge in [-0.1, -0.05) is 30.3 Å². The summed E-state index contributed by atoms with van der Waals surface area (Å²) in [6.45, 7) is 6.11. The van der Waals surface area contributed by atoms with Crippen molar-refractivity contribution in [3.63, 3.8) is 0 Å². The first-order valence-corrected chi connectivity index (χ1v) is 14.1. The average molecular weight is 586 g/mol. The monoisotopic (exact) mass is 585 g/mol. The number of unbranched alkanes of at least 4 members (excludes halogenated alkanes) is 1. The van der Waals surface area contributed by atoms with Crippen molar-refractivity contribution in [1.29, 1.82) is 0 Å². The molecule has 43 heavy (non-hydrogen) atoms. The molecular weight excluding hydrogens is 549 g/mol. The molecule has 0 aliphatic carbocycles. The zero-order valence-corrected chi connectivity index (χ0v) is 24.7. The van der Waals surface area contributed by atoms with Gasteiger partial charge < -0.3 is 26.0 Å². The van der Waals surface area contributed by atoms with Gasteiger partial charge in [0.2, 0.25) is 0 Å². The van der Waals surface area contributed by atoms with Gasteiger partial charge in [-0.15, -0.1) is 0 Å². The van der Waals surface area contributed by atoms with E-state index < -0.39 is 23.4 Å². The Morgan fingerprint density at radius 3 is 2.19 bits per heavy atom. The second-order valence-corrected chi connectivity index (χ2v) is 10.9. The molecule has 4 aromatic rings.